The molecule has 0 saturated carbocycles. The van der Waals surface area contributed by atoms with E-state index in [1.165, 1.54) is 6.08 Å². The molecule has 0 fully saturated rings. The van der Waals surface area contributed by atoms with Crippen LogP contribution in [-0.4, -0.2) is 35.4 Å². The zero-order chi connectivity index (χ0) is 18.9. The molecule has 0 aliphatic carbocycles. The number of alkyl carbamates (subject to hydrolysis) is 1. The van der Waals surface area contributed by atoms with E-state index in [0.29, 0.717) is 0 Å². The molecule has 0 aromatic heterocycles. The molecule has 2 N–H and O–H groups in total. The average molecular weight is 349 g/mol. The van der Waals surface area contributed by atoms with Crippen molar-refractivity contribution in [2.24, 2.45) is 5.92 Å². The molecule has 1 aromatic rings. The lowest BCUT2D eigenvalue weighted by molar-refractivity contribution is -0.147. The van der Waals surface area contributed by atoms with Crippen molar-refractivity contribution in [3.8, 4) is 0 Å². The Morgan fingerprint density at radius 1 is 1.20 bits per heavy atom. The molecule has 1 rings (SSSR count). The first kappa shape index (κ1) is 20.7. The highest BCUT2D eigenvalue weighted by molar-refractivity contribution is 5.74. The van der Waals surface area contributed by atoms with Crippen molar-refractivity contribution in [2.75, 3.05) is 6.54 Å². The van der Waals surface area contributed by atoms with Gasteiger partial charge in [-0.05, 0) is 33.3 Å². The van der Waals surface area contributed by atoms with Crippen molar-refractivity contribution in [2.45, 2.75) is 46.0 Å². The van der Waals surface area contributed by atoms with Crippen LogP contribution in [0.5, 0.6) is 0 Å². The fraction of sp³-hybridized carbons (Fsp3) is 0.474. The first-order chi connectivity index (χ1) is 11.7. The van der Waals surface area contributed by atoms with E-state index >= 15 is 0 Å². The summed E-state index contributed by atoms with van der Waals surface area (Å²) in [6, 6.07) is 9.39. The lowest BCUT2D eigenvalue weighted by atomic mass is 10.1. The minimum Gasteiger partial charge on any atom is -0.460 e. The van der Waals surface area contributed by atoms with Gasteiger partial charge in [-0.2, -0.15) is 0 Å². The fourth-order valence-electron chi connectivity index (χ4n) is 1.80. The van der Waals surface area contributed by atoms with E-state index in [9.17, 15) is 14.7 Å². The van der Waals surface area contributed by atoms with Crippen LogP contribution in [0.25, 0.3) is 0 Å². The molecular formula is C19H27NO5. The van der Waals surface area contributed by atoms with Crippen LogP contribution in [0.1, 0.15) is 33.3 Å². The number of rotatable bonds is 7. The Bertz CT molecular complexity index is 577. The molecule has 25 heavy (non-hydrogen) atoms. The third-order valence-corrected chi connectivity index (χ3v) is 3.07. The molecular weight excluding hydrogens is 322 g/mol. The normalized spacial score (nSPS) is 14.0. The van der Waals surface area contributed by atoms with Gasteiger partial charge in [0.25, 0.3) is 0 Å². The maximum atomic E-state index is 11.9. The predicted octanol–water partition coefficient (Wildman–Crippen LogP) is 2.81. The molecule has 0 spiro atoms. The monoisotopic (exact) mass is 349 g/mol. The van der Waals surface area contributed by atoms with Crippen LogP contribution in [0, 0.1) is 5.92 Å². The first-order valence-corrected chi connectivity index (χ1v) is 8.21. The molecule has 138 valence electrons. The molecule has 0 aliphatic heterocycles. The Labute approximate surface area is 148 Å². The summed E-state index contributed by atoms with van der Waals surface area (Å²) < 4.78 is 10.3. The minimum absolute atomic E-state index is 0.00278. The molecule has 0 heterocycles. The molecule has 0 saturated heterocycles. The second-order valence-corrected chi connectivity index (χ2v) is 6.72. The molecule has 1 amide bonds. The van der Waals surface area contributed by atoms with Gasteiger partial charge in [-0.25, -0.2) is 4.79 Å². The van der Waals surface area contributed by atoms with Crippen molar-refractivity contribution in [3.63, 3.8) is 0 Å². The number of amides is 1. The molecule has 0 unspecified atom stereocenters. The summed E-state index contributed by atoms with van der Waals surface area (Å²) in [4.78, 5) is 23.4. The number of hydrogen-bond donors (Lipinski definition) is 2. The third kappa shape index (κ3) is 9.52. The number of carbonyl (C=O) groups is 2. The SMILES string of the molecule is C[C@@H](/C=C/[C@@H](O)CNC(=O)OC(C)(C)C)C(=O)OCc1ccccc1. The summed E-state index contributed by atoms with van der Waals surface area (Å²) in [5.74, 6) is -0.882. The zero-order valence-electron chi connectivity index (χ0n) is 15.2. The highest BCUT2D eigenvalue weighted by Gasteiger charge is 2.16. The van der Waals surface area contributed by atoms with Gasteiger partial charge in [0.05, 0.1) is 18.6 Å². The smallest absolute Gasteiger partial charge is 0.407 e. The predicted molar refractivity (Wildman–Crippen MR) is 94.8 cm³/mol. The van der Waals surface area contributed by atoms with E-state index in [2.05, 4.69) is 5.32 Å². The number of aliphatic hydroxyl groups is 1. The lowest BCUT2D eigenvalue weighted by Gasteiger charge is -2.20. The summed E-state index contributed by atoms with van der Waals surface area (Å²) in [5.41, 5.74) is 0.315. The van der Waals surface area contributed by atoms with Crippen LogP contribution in [-0.2, 0) is 20.9 Å². The van der Waals surface area contributed by atoms with Crippen molar-refractivity contribution >= 4 is 12.1 Å². The van der Waals surface area contributed by atoms with Crippen LogP contribution in [0.15, 0.2) is 42.5 Å². The average Bonchev–Trinajstić information content (AvgIpc) is 2.55. The van der Waals surface area contributed by atoms with Crippen molar-refractivity contribution < 1.29 is 24.2 Å². The molecule has 0 radical (unpaired) electrons. The lowest BCUT2D eigenvalue weighted by Crippen LogP contribution is -2.36. The highest BCUT2D eigenvalue weighted by Crippen LogP contribution is 2.08. The molecule has 2 atom stereocenters. The summed E-state index contributed by atoms with van der Waals surface area (Å²) in [6.07, 6.45) is 1.48. The summed E-state index contributed by atoms with van der Waals surface area (Å²) in [7, 11) is 0. The van der Waals surface area contributed by atoms with Gasteiger partial charge in [0.1, 0.15) is 12.2 Å². The van der Waals surface area contributed by atoms with Gasteiger partial charge in [-0.1, -0.05) is 42.5 Å². The largest absolute Gasteiger partial charge is 0.460 e. The van der Waals surface area contributed by atoms with Gasteiger partial charge in [0.15, 0.2) is 0 Å². The van der Waals surface area contributed by atoms with Gasteiger partial charge in [0.2, 0.25) is 0 Å². The molecule has 0 bridgehead atoms. The second kappa shape index (κ2) is 9.84. The summed E-state index contributed by atoms with van der Waals surface area (Å²) >= 11 is 0. The third-order valence-electron chi connectivity index (χ3n) is 3.07. The van der Waals surface area contributed by atoms with Crippen molar-refractivity contribution in [3.05, 3.63) is 48.0 Å². The summed E-state index contributed by atoms with van der Waals surface area (Å²) in [6.45, 7) is 7.15. The van der Waals surface area contributed by atoms with Gasteiger partial charge < -0.3 is 19.9 Å². The van der Waals surface area contributed by atoms with E-state index < -0.39 is 23.7 Å². The van der Waals surface area contributed by atoms with Gasteiger partial charge in [0, 0.05) is 0 Å². The minimum atomic E-state index is -0.920. The summed E-state index contributed by atoms with van der Waals surface area (Å²) in [5, 5.41) is 12.3. The standard InChI is InChI=1S/C19H27NO5/c1-14(17(22)24-13-15-8-6-5-7-9-15)10-11-16(21)12-20-18(23)25-19(2,3)4/h5-11,14,16,21H,12-13H2,1-4H3,(H,20,23)/b11-10+/t14-,16+/m0/s1. The van der Waals surface area contributed by atoms with Gasteiger partial charge in [-0.3, -0.25) is 4.79 Å². The fourth-order valence-corrected chi connectivity index (χ4v) is 1.80. The number of benzene rings is 1. The number of carbonyl (C=O) groups excluding carboxylic acids is 2. The Morgan fingerprint density at radius 2 is 1.84 bits per heavy atom. The van der Waals surface area contributed by atoms with Gasteiger partial charge in [-0.15, -0.1) is 0 Å². The zero-order valence-corrected chi connectivity index (χ0v) is 15.2. The van der Waals surface area contributed by atoms with E-state index in [1.807, 2.05) is 30.3 Å². The van der Waals surface area contributed by atoms with Gasteiger partial charge >= 0.3 is 12.1 Å². The van der Waals surface area contributed by atoms with Crippen LogP contribution < -0.4 is 5.32 Å². The van der Waals surface area contributed by atoms with Crippen molar-refractivity contribution in [1.82, 2.24) is 5.32 Å². The molecule has 6 nitrogen and oxygen atoms in total. The maximum Gasteiger partial charge on any atom is 0.407 e. The Balaban J connectivity index is 2.33. The number of nitrogens with one attached hydrogen (secondary N) is 1. The van der Waals surface area contributed by atoms with E-state index in [-0.39, 0.29) is 19.1 Å². The molecule has 0 aliphatic rings. The Morgan fingerprint density at radius 3 is 2.44 bits per heavy atom. The number of ether oxygens (including phenoxy) is 2. The number of hydrogen-bond acceptors (Lipinski definition) is 5. The Kier molecular flexibility index (Phi) is 8.15. The van der Waals surface area contributed by atoms with Crippen LogP contribution in [0.3, 0.4) is 0 Å². The maximum absolute atomic E-state index is 11.9. The molecule has 1 aromatic carbocycles. The van der Waals surface area contributed by atoms with Crippen LogP contribution in [0.4, 0.5) is 4.79 Å². The second-order valence-electron chi connectivity index (χ2n) is 6.72. The van der Waals surface area contributed by atoms with Crippen molar-refractivity contribution in [1.29, 1.82) is 0 Å². The quantitative estimate of drug-likeness (QED) is 0.584. The van der Waals surface area contributed by atoms with Crippen LogP contribution in [0.2, 0.25) is 0 Å². The van der Waals surface area contributed by atoms with E-state index in [4.69, 9.17) is 9.47 Å². The Hall–Kier alpha value is -2.34. The van der Waals surface area contributed by atoms with E-state index in [0.717, 1.165) is 5.56 Å². The number of esters is 1. The first-order valence-electron chi connectivity index (χ1n) is 8.21. The molecule has 6 heteroatoms. The van der Waals surface area contributed by atoms with E-state index in [1.54, 1.807) is 33.8 Å². The number of aliphatic hydroxyl groups excluding tert-OH is 1. The highest BCUT2D eigenvalue weighted by atomic mass is 16.6. The van der Waals surface area contributed by atoms with Crippen LogP contribution >= 0.6 is 0 Å². The topological polar surface area (TPSA) is 84.9 Å².